The van der Waals surface area contributed by atoms with E-state index in [-0.39, 0.29) is 17.8 Å². The summed E-state index contributed by atoms with van der Waals surface area (Å²) in [6.45, 7) is 4.03. The predicted molar refractivity (Wildman–Crippen MR) is 128 cm³/mol. The maximum Gasteiger partial charge on any atom is 0.355 e. The summed E-state index contributed by atoms with van der Waals surface area (Å²) in [5, 5.41) is 10.1. The Labute approximate surface area is 193 Å². The van der Waals surface area contributed by atoms with Crippen LogP contribution >= 0.6 is 0 Å². The Hall–Kier alpha value is -4.06. The first kappa shape index (κ1) is 22.1. The third kappa shape index (κ3) is 4.32. The minimum Gasteiger partial charge on any atom is -0.478 e. The van der Waals surface area contributed by atoms with Gasteiger partial charge in [-0.25, -0.2) is 9.59 Å². The fraction of sp³-hybridized carbons (Fsp3) is 0.185. The van der Waals surface area contributed by atoms with Crippen molar-refractivity contribution in [2.45, 2.75) is 20.0 Å². The van der Waals surface area contributed by atoms with Crippen molar-refractivity contribution < 1.29 is 19.4 Å². The highest BCUT2D eigenvalue weighted by Crippen LogP contribution is 2.41. The molecule has 33 heavy (non-hydrogen) atoms. The molecule has 0 fully saturated rings. The molecule has 1 N–H and O–H groups in total. The van der Waals surface area contributed by atoms with E-state index in [0.717, 1.165) is 22.4 Å². The van der Waals surface area contributed by atoms with Crippen molar-refractivity contribution in [1.82, 2.24) is 0 Å². The average Bonchev–Trinajstić information content (AvgIpc) is 2.84. The molecule has 0 saturated heterocycles. The van der Waals surface area contributed by atoms with E-state index < -0.39 is 18.1 Å². The molecule has 168 valence electrons. The van der Waals surface area contributed by atoms with E-state index in [0.29, 0.717) is 5.69 Å². The van der Waals surface area contributed by atoms with E-state index in [4.69, 9.17) is 4.74 Å². The van der Waals surface area contributed by atoms with Crippen molar-refractivity contribution in [3.8, 4) is 0 Å². The quantitative estimate of drug-likeness (QED) is 0.570. The largest absolute Gasteiger partial charge is 0.478 e. The molecule has 3 aromatic carbocycles. The number of carbonyl (C=O) groups is 2. The second-order valence-electron chi connectivity index (χ2n) is 8.08. The van der Waals surface area contributed by atoms with Crippen molar-refractivity contribution in [3.63, 3.8) is 0 Å². The molecule has 0 aliphatic carbocycles. The van der Waals surface area contributed by atoms with E-state index in [2.05, 4.69) is 0 Å². The lowest BCUT2D eigenvalue weighted by Gasteiger charge is -2.46. The molecular weight excluding hydrogens is 416 g/mol. The van der Waals surface area contributed by atoms with Crippen LogP contribution in [0.25, 0.3) is 0 Å². The van der Waals surface area contributed by atoms with Crippen LogP contribution in [-0.2, 0) is 14.3 Å². The summed E-state index contributed by atoms with van der Waals surface area (Å²) in [7, 11) is 1.27. The summed E-state index contributed by atoms with van der Waals surface area (Å²) in [5.74, 6) is -1.84. The van der Waals surface area contributed by atoms with Crippen LogP contribution in [0, 0.1) is 13.8 Å². The number of hydrogen-bond donors (Lipinski definition) is 1. The van der Waals surface area contributed by atoms with Crippen molar-refractivity contribution in [3.05, 3.63) is 107 Å². The molecule has 1 heterocycles. The molecule has 3 aromatic rings. The monoisotopic (exact) mass is 442 g/mol. The van der Waals surface area contributed by atoms with Crippen LogP contribution < -0.4 is 9.80 Å². The molecule has 0 radical (unpaired) electrons. The first-order chi connectivity index (χ1) is 15.9. The van der Waals surface area contributed by atoms with Gasteiger partial charge >= 0.3 is 11.9 Å². The number of ether oxygens (including phenoxy) is 1. The van der Waals surface area contributed by atoms with Crippen LogP contribution in [-0.4, -0.2) is 30.7 Å². The number of benzene rings is 3. The highest BCUT2D eigenvalue weighted by Gasteiger charge is 2.41. The third-order valence-corrected chi connectivity index (χ3v) is 5.81. The minimum atomic E-state index is -1.16. The van der Waals surface area contributed by atoms with Gasteiger partial charge in [0.1, 0.15) is 11.9 Å². The maximum atomic E-state index is 13.0. The Morgan fingerprint density at radius 2 is 1.39 bits per heavy atom. The van der Waals surface area contributed by atoms with Gasteiger partial charge in [-0.05, 0) is 43.7 Å². The summed E-state index contributed by atoms with van der Waals surface area (Å²) < 4.78 is 5.07. The Morgan fingerprint density at radius 1 is 0.848 bits per heavy atom. The summed E-state index contributed by atoms with van der Waals surface area (Å²) in [4.78, 5) is 29.1. The van der Waals surface area contributed by atoms with E-state index in [9.17, 15) is 14.7 Å². The Balaban J connectivity index is 2.02. The van der Waals surface area contributed by atoms with Crippen LogP contribution in [0.2, 0.25) is 0 Å². The van der Waals surface area contributed by atoms with Gasteiger partial charge in [-0.1, -0.05) is 65.7 Å². The zero-order chi connectivity index (χ0) is 23.5. The van der Waals surface area contributed by atoms with Gasteiger partial charge in [0.25, 0.3) is 0 Å². The molecule has 0 spiro atoms. The van der Waals surface area contributed by atoms with Gasteiger partial charge in [0.15, 0.2) is 0 Å². The van der Waals surface area contributed by atoms with Crippen molar-refractivity contribution in [2.75, 3.05) is 23.5 Å². The smallest absolute Gasteiger partial charge is 0.355 e. The van der Waals surface area contributed by atoms with Gasteiger partial charge < -0.3 is 19.6 Å². The number of aliphatic carboxylic acids is 1. The number of methoxy groups -OCH3 is 1. The molecule has 1 aliphatic rings. The van der Waals surface area contributed by atoms with Gasteiger partial charge in [-0.3, -0.25) is 0 Å². The fourth-order valence-electron chi connectivity index (χ4n) is 4.12. The predicted octanol–water partition coefficient (Wildman–Crippen LogP) is 4.84. The normalized spacial score (nSPS) is 16.0. The fourth-order valence-corrected chi connectivity index (χ4v) is 4.12. The zero-order valence-electron chi connectivity index (χ0n) is 18.9. The van der Waals surface area contributed by atoms with E-state index >= 15 is 0 Å². The van der Waals surface area contributed by atoms with Crippen LogP contribution in [0.5, 0.6) is 0 Å². The van der Waals surface area contributed by atoms with Crippen LogP contribution in [0.1, 0.15) is 22.9 Å². The summed E-state index contributed by atoms with van der Waals surface area (Å²) in [6, 6.07) is 25.4. The Bertz CT molecular complexity index is 1190. The molecule has 0 amide bonds. The summed E-state index contributed by atoms with van der Waals surface area (Å²) >= 11 is 0. The van der Waals surface area contributed by atoms with Crippen LogP contribution in [0.4, 0.5) is 11.4 Å². The lowest BCUT2D eigenvalue weighted by atomic mass is 9.99. The molecular formula is C27H26N2O4. The van der Waals surface area contributed by atoms with Crippen LogP contribution in [0.15, 0.2) is 90.1 Å². The van der Waals surface area contributed by atoms with E-state index in [1.54, 1.807) is 4.90 Å². The zero-order valence-corrected chi connectivity index (χ0v) is 18.9. The average molecular weight is 443 g/mol. The van der Waals surface area contributed by atoms with Crippen molar-refractivity contribution in [2.24, 2.45) is 0 Å². The number of esters is 1. The molecule has 1 aliphatic heterocycles. The second kappa shape index (κ2) is 9.20. The molecule has 0 aromatic heterocycles. The van der Waals surface area contributed by atoms with Gasteiger partial charge in [-0.15, -0.1) is 0 Å². The Kier molecular flexibility index (Phi) is 6.18. The van der Waals surface area contributed by atoms with Gasteiger partial charge in [0, 0.05) is 11.4 Å². The van der Waals surface area contributed by atoms with Gasteiger partial charge in [-0.2, -0.15) is 0 Å². The maximum absolute atomic E-state index is 13.0. The number of rotatable bonds is 5. The first-order valence-corrected chi connectivity index (χ1v) is 10.7. The molecule has 0 saturated carbocycles. The molecule has 0 bridgehead atoms. The number of nitrogens with zero attached hydrogens (tertiary/aromatic N) is 2. The van der Waals surface area contributed by atoms with E-state index in [1.807, 2.05) is 97.6 Å². The number of carbonyl (C=O) groups excluding carboxylic acids is 1. The van der Waals surface area contributed by atoms with Crippen LogP contribution in [0.3, 0.4) is 0 Å². The lowest BCUT2D eigenvalue weighted by molar-refractivity contribution is -0.138. The van der Waals surface area contributed by atoms with Crippen molar-refractivity contribution >= 4 is 23.3 Å². The highest BCUT2D eigenvalue weighted by atomic mass is 16.5. The SMILES string of the molecule is COC(=O)C1=C(C(=O)O)CN(c2ccc(C)cc2)C(c2ccccc2)N1c1ccc(C)cc1. The standard InChI is InChI=1S/C27H26N2O4/c1-18-9-13-21(14-10-18)28-17-23(26(30)31)24(27(32)33-3)29(22-15-11-19(2)12-16-22)25(28)20-7-5-4-6-8-20/h4-16,25H,17H2,1-3H3,(H,30,31). The highest BCUT2D eigenvalue weighted by molar-refractivity contribution is 6.04. The lowest BCUT2D eigenvalue weighted by Crippen LogP contribution is -2.50. The molecule has 1 atom stereocenters. The molecule has 6 heteroatoms. The topological polar surface area (TPSA) is 70.1 Å². The van der Waals surface area contributed by atoms with Crippen molar-refractivity contribution in [1.29, 1.82) is 0 Å². The number of carboxylic acid groups (broad SMARTS) is 1. The first-order valence-electron chi connectivity index (χ1n) is 10.7. The Morgan fingerprint density at radius 3 is 1.91 bits per heavy atom. The molecule has 1 unspecified atom stereocenters. The summed E-state index contributed by atoms with van der Waals surface area (Å²) in [5.41, 5.74) is 4.65. The van der Waals surface area contributed by atoms with Gasteiger partial charge in [0.05, 0.1) is 19.2 Å². The van der Waals surface area contributed by atoms with Gasteiger partial charge in [0.2, 0.25) is 0 Å². The van der Waals surface area contributed by atoms with E-state index in [1.165, 1.54) is 7.11 Å². The summed E-state index contributed by atoms with van der Waals surface area (Å²) in [6.07, 6.45) is -0.464. The second-order valence-corrected chi connectivity index (χ2v) is 8.08. The number of carboxylic acids is 1. The third-order valence-electron chi connectivity index (χ3n) is 5.81. The minimum absolute atomic E-state index is 0.0184. The number of hydrogen-bond acceptors (Lipinski definition) is 5. The molecule has 6 nitrogen and oxygen atoms in total. The number of aryl methyl sites for hydroxylation is 2. The molecule has 4 rings (SSSR count). The number of anilines is 2.